The number of benzene rings is 1. The van der Waals surface area contributed by atoms with E-state index in [4.69, 9.17) is 17.2 Å². The van der Waals surface area contributed by atoms with Crippen LogP contribution in [0.5, 0.6) is 0 Å². The second-order valence-electron chi connectivity index (χ2n) is 12.9. The van der Waals surface area contributed by atoms with Gasteiger partial charge in [0.1, 0.15) is 30.2 Å². The number of hydrogen-bond donors (Lipinski definition) is 11. The van der Waals surface area contributed by atoms with Crippen LogP contribution in [0.25, 0.3) is 0 Å². The molecule has 60 heavy (non-hydrogen) atoms. The molecule has 2 aliphatic rings. The van der Waals surface area contributed by atoms with E-state index in [0.29, 0.717) is 4.90 Å². The Morgan fingerprint density at radius 2 is 1.25 bits per heavy atom. The Morgan fingerprint density at radius 3 is 1.83 bits per heavy atom. The van der Waals surface area contributed by atoms with Crippen molar-refractivity contribution in [1.82, 2.24) is 36.8 Å². The third-order valence-corrected chi connectivity index (χ3v) is 10.9. The van der Waals surface area contributed by atoms with Gasteiger partial charge in [-0.1, -0.05) is 21.6 Å². The van der Waals surface area contributed by atoms with Crippen molar-refractivity contribution in [2.24, 2.45) is 17.2 Å². The van der Waals surface area contributed by atoms with Crippen molar-refractivity contribution in [3.63, 3.8) is 0 Å². The fourth-order valence-corrected chi connectivity index (χ4v) is 7.77. The molecule has 0 aromatic heterocycles. The first-order valence-corrected chi connectivity index (χ1v) is 19.6. The first-order valence-electron chi connectivity index (χ1n) is 17.1. The number of halogens is 5. The van der Waals surface area contributed by atoms with Crippen molar-refractivity contribution in [2.45, 2.75) is 61.6 Å². The van der Waals surface area contributed by atoms with Crippen LogP contribution in [0.2, 0.25) is 0 Å². The highest BCUT2D eigenvalue weighted by Gasteiger charge is 2.41. The number of aliphatic hydroxyl groups is 1. The zero-order chi connectivity index (χ0) is 45.2. The van der Waals surface area contributed by atoms with E-state index in [0.717, 1.165) is 21.6 Å². The first-order chi connectivity index (χ1) is 28.0. The van der Waals surface area contributed by atoms with Gasteiger partial charge in [-0.3, -0.25) is 47.9 Å². The highest BCUT2D eigenvalue weighted by Crippen LogP contribution is 2.28. The lowest BCUT2D eigenvalue weighted by Gasteiger charge is -2.27. The standard InChI is InChI=1S/C31H37F5N10O12S2/c32-20-19(21(33)23(35)24(36)22(20)34)25-31(58)41-5-17(50)46-6-9(47)1-14(46)30(57)43-11(2-15(38)48)29(56)44-13(26(39)53)8-60-59-7-10(37)27(54)42-12(3-18(51)52)28(55)40-4-16(49)45-25/h9-14,25,47H,1-8,37H2,(H2,38,48)(H2,39,53)(H,40,55)(H,41,58)(H,42,54)(H,43,57)(H,44,56)(H,45,49)(H,51,52)/t9-,10-,11+,12-,13-,14+,25+/m1/s1. The Hall–Kier alpha value is -5.81. The van der Waals surface area contributed by atoms with Crippen molar-refractivity contribution in [3.8, 4) is 0 Å². The van der Waals surface area contributed by atoms with Crippen LogP contribution in [0, 0.1) is 29.1 Å². The number of rotatable bonds is 6. The molecule has 330 valence electrons. The number of primary amides is 2. The van der Waals surface area contributed by atoms with E-state index in [-0.39, 0.29) is 11.5 Å². The number of carbonyl (C=O) groups excluding carboxylic acids is 9. The Kier molecular flexibility index (Phi) is 17.4. The molecule has 0 saturated carbocycles. The van der Waals surface area contributed by atoms with Crippen LogP contribution in [0.4, 0.5) is 22.0 Å². The number of aliphatic hydroxyl groups excluding tert-OH is 1. The Labute approximate surface area is 341 Å². The number of nitrogens with one attached hydrogen (secondary N) is 6. The molecule has 7 atom stereocenters. The van der Waals surface area contributed by atoms with Gasteiger partial charge in [-0.05, 0) is 0 Å². The molecule has 3 rings (SSSR count). The summed E-state index contributed by atoms with van der Waals surface area (Å²) in [6.07, 6.45) is -3.90. The minimum absolute atomic E-state index is 0.288. The second kappa shape index (κ2) is 21.4. The maximum absolute atomic E-state index is 15.0. The number of carbonyl (C=O) groups is 10. The molecule has 2 heterocycles. The molecule has 14 N–H and O–H groups in total. The summed E-state index contributed by atoms with van der Waals surface area (Å²) < 4.78 is 72.4. The van der Waals surface area contributed by atoms with Gasteiger partial charge in [-0.2, -0.15) is 0 Å². The fraction of sp³-hybridized carbons (Fsp3) is 0.484. The van der Waals surface area contributed by atoms with E-state index in [1.807, 2.05) is 10.6 Å². The van der Waals surface area contributed by atoms with E-state index >= 15 is 0 Å². The van der Waals surface area contributed by atoms with Gasteiger partial charge in [-0.15, -0.1) is 0 Å². The van der Waals surface area contributed by atoms with Crippen LogP contribution in [0.3, 0.4) is 0 Å². The fourth-order valence-electron chi connectivity index (χ4n) is 5.47. The number of carboxylic acid groups (broad SMARTS) is 1. The maximum atomic E-state index is 15.0. The molecular weight excluding hydrogens is 864 g/mol. The molecule has 2 saturated heterocycles. The second-order valence-corrected chi connectivity index (χ2v) is 15.5. The summed E-state index contributed by atoms with van der Waals surface area (Å²) in [6.45, 7) is -3.13. The Balaban J connectivity index is 2.03. The molecule has 22 nitrogen and oxygen atoms in total. The number of aliphatic carboxylic acids is 1. The maximum Gasteiger partial charge on any atom is 0.305 e. The summed E-state index contributed by atoms with van der Waals surface area (Å²) >= 11 is 0. The minimum atomic E-state index is -2.85. The lowest BCUT2D eigenvalue weighted by molar-refractivity contribution is -0.141. The van der Waals surface area contributed by atoms with Crippen molar-refractivity contribution < 1.29 is 80.1 Å². The number of nitrogens with two attached hydrogens (primary N) is 3. The van der Waals surface area contributed by atoms with E-state index in [1.54, 1.807) is 10.6 Å². The van der Waals surface area contributed by atoms with E-state index in [1.165, 1.54) is 0 Å². The molecule has 0 aliphatic carbocycles. The van der Waals surface area contributed by atoms with E-state index < -0.39 is 175 Å². The van der Waals surface area contributed by atoms with Crippen molar-refractivity contribution >= 4 is 80.7 Å². The highest BCUT2D eigenvalue weighted by molar-refractivity contribution is 8.76. The Morgan fingerprint density at radius 1 is 0.700 bits per heavy atom. The highest BCUT2D eigenvalue weighted by atomic mass is 33.1. The quantitative estimate of drug-likeness (QED) is 0.0550. The molecule has 0 bridgehead atoms. The molecule has 0 spiro atoms. The number of carboxylic acids is 1. The zero-order valence-electron chi connectivity index (χ0n) is 30.6. The number of nitrogens with zero attached hydrogens (tertiary/aromatic N) is 1. The van der Waals surface area contributed by atoms with Crippen LogP contribution in [-0.2, 0) is 47.9 Å². The summed E-state index contributed by atoms with van der Waals surface area (Å²) in [6, 6.07) is -11.2. The summed E-state index contributed by atoms with van der Waals surface area (Å²) in [5.41, 5.74) is 14.5. The number of fused-ring (bicyclic) bond motifs is 1. The summed E-state index contributed by atoms with van der Waals surface area (Å²) in [5.74, 6) is -26.9. The SMILES string of the molecule is NC(=O)C[C@@H]1NC(=O)[C@@H]2C[C@@H](O)CN2C(=O)CNC(=O)[C@H](c2c(F)c(F)c(F)c(F)c2F)NC(=O)CNC(=O)[C@@H](CC(=O)O)NC(=O)[C@H](N)CSSC[C@H](C(N)=O)NC1=O. The molecule has 1 aromatic rings. The lowest BCUT2D eigenvalue weighted by Crippen LogP contribution is -2.57. The van der Waals surface area contributed by atoms with Crippen molar-refractivity contribution in [2.75, 3.05) is 31.1 Å². The number of hydrogen-bond acceptors (Lipinski definition) is 14. The first kappa shape index (κ1) is 48.6. The van der Waals surface area contributed by atoms with Crippen LogP contribution >= 0.6 is 21.6 Å². The van der Waals surface area contributed by atoms with Gasteiger partial charge in [0.05, 0.1) is 43.6 Å². The third kappa shape index (κ3) is 12.8. The minimum Gasteiger partial charge on any atom is -0.481 e. The van der Waals surface area contributed by atoms with Gasteiger partial charge in [-0.25, -0.2) is 22.0 Å². The predicted molar refractivity (Wildman–Crippen MR) is 193 cm³/mol. The topological polar surface area (TPSA) is 365 Å². The molecule has 2 aliphatic heterocycles. The molecule has 1 aromatic carbocycles. The predicted octanol–water partition coefficient (Wildman–Crippen LogP) is -5.25. The van der Waals surface area contributed by atoms with Crippen molar-refractivity contribution in [3.05, 3.63) is 34.6 Å². The van der Waals surface area contributed by atoms with Gasteiger partial charge in [0.15, 0.2) is 23.3 Å². The number of amides is 9. The summed E-state index contributed by atoms with van der Waals surface area (Å²) in [4.78, 5) is 128. The molecule has 2 fully saturated rings. The average molecular weight is 901 g/mol. The van der Waals surface area contributed by atoms with Gasteiger partial charge in [0.2, 0.25) is 59.0 Å². The normalized spacial score (nSPS) is 26.1. The van der Waals surface area contributed by atoms with Gasteiger partial charge in [0, 0.05) is 24.5 Å². The van der Waals surface area contributed by atoms with E-state index in [9.17, 15) is 80.1 Å². The third-order valence-electron chi connectivity index (χ3n) is 8.45. The molecule has 9 amide bonds. The van der Waals surface area contributed by atoms with Gasteiger partial charge in [0.25, 0.3) is 0 Å². The summed E-state index contributed by atoms with van der Waals surface area (Å²) in [5, 5.41) is 31.3. The van der Waals surface area contributed by atoms with Crippen LogP contribution in [0.15, 0.2) is 0 Å². The Bertz CT molecular complexity index is 1910. The largest absolute Gasteiger partial charge is 0.481 e. The molecular formula is C31H37F5N10O12S2. The van der Waals surface area contributed by atoms with Gasteiger partial charge >= 0.3 is 5.97 Å². The zero-order valence-corrected chi connectivity index (χ0v) is 32.2. The smallest absolute Gasteiger partial charge is 0.305 e. The van der Waals surface area contributed by atoms with Gasteiger partial charge < -0.3 is 64.2 Å². The van der Waals surface area contributed by atoms with Crippen LogP contribution in [-0.4, -0.2) is 142 Å². The molecule has 0 unspecified atom stereocenters. The lowest BCUT2D eigenvalue weighted by atomic mass is 10.0. The van der Waals surface area contributed by atoms with Crippen LogP contribution in [0.1, 0.15) is 30.9 Å². The molecule has 0 radical (unpaired) electrons. The summed E-state index contributed by atoms with van der Waals surface area (Å²) in [7, 11) is 1.67. The monoisotopic (exact) mass is 900 g/mol. The van der Waals surface area contributed by atoms with E-state index in [2.05, 4.69) is 10.6 Å². The van der Waals surface area contributed by atoms with Crippen molar-refractivity contribution in [1.29, 1.82) is 0 Å². The van der Waals surface area contributed by atoms with Crippen LogP contribution < -0.4 is 49.1 Å². The average Bonchev–Trinajstić information content (AvgIpc) is 3.58. The molecule has 29 heteroatoms.